The Balaban J connectivity index is 0.00000242. The number of halogens is 6. The Hall–Kier alpha value is -1.41. The summed E-state index contributed by atoms with van der Waals surface area (Å²) in [6, 6.07) is -0.287. The lowest BCUT2D eigenvalue weighted by Gasteiger charge is -2.39. The molecule has 0 saturated carbocycles. The van der Waals surface area contributed by atoms with Crippen molar-refractivity contribution in [2.75, 3.05) is 6.54 Å². The molecule has 1 amide bonds. The molecule has 124 valence electrons. The number of nitrogens with two attached hydrogens (primary N) is 1. The lowest BCUT2D eigenvalue weighted by molar-refractivity contribution is -0.184. The van der Waals surface area contributed by atoms with E-state index in [-0.39, 0.29) is 37.4 Å². The molecule has 1 saturated heterocycles. The summed E-state index contributed by atoms with van der Waals surface area (Å²) in [5.74, 6) is -3.47. The summed E-state index contributed by atoms with van der Waals surface area (Å²) < 4.78 is 64.9. The molecule has 1 heterocycles. The number of amides is 1. The fourth-order valence-electron chi connectivity index (χ4n) is 2.36. The van der Waals surface area contributed by atoms with Crippen LogP contribution < -0.4 is 5.73 Å². The molecule has 2 atom stereocenters. The van der Waals surface area contributed by atoms with Crippen molar-refractivity contribution >= 4 is 18.3 Å². The summed E-state index contributed by atoms with van der Waals surface area (Å²) in [5, 5.41) is 0. The van der Waals surface area contributed by atoms with E-state index >= 15 is 0 Å². The van der Waals surface area contributed by atoms with Crippen LogP contribution in [0, 0.1) is 11.6 Å². The molecule has 2 N–H and O–H groups in total. The molecule has 1 aliphatic rings. The predicted octanol–water partition coefficient (Wildman–Crippen LogP) is 2.88. The smallest absolute Gasteiger partial charge is 0.326 e. The van der Waals surface area contributed by atoms with Gasteiger partial charge >= 0.3 is 6.18 Å². The number of rotatable bonds is 1. The highest BCUT2D eigenvalue weighted by Crippen LogP contribution is 2.32. The molecule has 0 bridgehead atoms. The third kappa shape index (κ3) is 3.86. The van der Waals surface area contributed by atoms with Gasteiger partial charge in [0.1, 0.15) is 6.04 Å². The molecule has 0 radical (unpaired) electrons. The van der Waals surface area contributed by atoms with E-state index in [9.17, 15) is 26.7 Å². The first-order chi connectivity index (χ1) is 9.70. The fraction of sp³-hybridized carbons (Fsp3) is 0.462. The minimum Gasteiger partial charge on any atom is -0.326 e. The molecule has 1 aromatic rings. The van der Waals surface area contributed by atoms with Gasteiger partial charge in [-0.25, -0.2) is 8.78 Å². The lowest BCUT2D eigenvalue weighted by atomic mass is 9.97. The second-order valence-corrected chi connectivity index (χ2v) is 4.98. The summed E-state index contributed by atoms with van der Waals surface area (Å²) in [5.41, 5.74) is 5.27. The maximum absolute atomic E-state index is 13.1. The van der Waals surface area contributed by atoms with Crippen LogP contribution in [0.5, 0.6) is 0 Å². The van der Waals surface area contributed by atoms with Gasteiger partial charge in [0.05, 0.1) is 0 Å². The van der Waals surface area contributed by atoms with E-state index in [2.05, 4.69) is 0 Å². The number of hydrogen-bond donors (Lipinski definition) is 1. The Bertz CT molecular complexity index is 552. The highest BCUT2D eigenvalue weighted by atomic mass is 35.5. The first-order valence-electron chi connectivity index (χ1n) is 6.28. The van der Waals surface area contributed by atoms with Crippen molar-refractivity contribution < 1.29 is 26.7 Å². The van der Waals surface area contributed by atoms with Crippen molar-refractivity contribution in [2.24, 2.45) is 5.73 Å². The average Bonchev–Trinajstić information content (AvgIpc) is 2.39. The van der Waals surface area contributed by atoms with Crippen LogP contribution in [0.4, 0.5) is 22.0 Å². The standard InChI is InChI=1S/C13H13F5N2O.ClH/c14-9-3-1-7(5-10(9)15)12(21)20-6-8(19)2-4-11(20)13(16,17)18;/h1,3,5,8,11H,2,4,6,19H2;1H. The molecule has 22 heavy (non-hydrogen) atoms. The lowest BCUT2D eigenvalue weighted by Crippen LogP contribution is -2.56. The number of hydrogen-bond acceptors (Lipinski definition) is 2. The number of carbonyl (C=O) groups is 1. The third-order valence-electron chi connectivity index (χ3n) is 3.42. The second-order valence-electron chi connectivity index (χ2n) is 4.98. The minimum atomic E-state index is -4.59. The van der Waals surface area contributed by atoms with Gasteiger partial charge in [0.25, 0.3) is 5.91 Å². The van der Waals surface area contributed by atoms with Gasteiger partial charge in [0.2, 0.25) is 0 Å². The monoisotopic (exact) mass is 344 g/mol. The number of piperidine rings is 1. The summed E-state index contributed by atoms with van der Waals surface area (Å²) in [4.78, 5) is 12.7. The SMILES string of the molecule is Cl.NC1CCC(C(F)(F)F)N(C(=O)c2ccc(F)c(F)c2)C1. The Labute approximate surface area is 129 Å². The molecule has 1 aromatic carbocycles. The zero-order valence-corrected chi connectivity index (χ0v) is 12.1. The van der Waals surface area contributed by atoms with E-state index < -0.39 is 35.8 Å². The zero-order valence-electron chi connectivity index (χ0n) is 11.2. The Morgan fingerprint density at radius 2 is 1.82 bits per heavy atom. The van der Waals surface area contributed by atoms with Gasteiger partial charge in [0.15, 0.2) is 11.6 Å². The average molecular weight is 345 g/mol. The molecule has 2 unspecified atom stereocenters. The predicted molar refractivity (Wildman–Crippen MR) is 71.7 cm³/mol. The first-order valence-corrected chi connectivity index (χ1v) is 6.28. The van der Waals surface area contributed by atoms with Crippen LogP contribution in [0.3, 0.4) is 0 Å². The van der Waals surface area contributed by atoms with E-state index in [0.717, 1.165) is 6.07 Å². The van der Waals surface area contributed by atoms with E-state index in [0.29, 0.717) is 17.0 Å². The van der Waals surface area contributed by atoms with E-state index in [1.54, 1.807) is 0 Å². The maximum atomic E-state index is 13.1. The van der Waals surface area contributed by atoms with Crippen LogP contribution in [-0.4, -0.2) is 35.6 Å². The topological polar surface area (TPSA) is 46.3 Å². The maximum Gasteiger partial charge on any atom is 0.408 e. The Morgan fingerprint density at radius 1 is 1.18 bits per heavy atom. The molecular weight excluding hydrogens is 331 g/mol. The molecule has 2 rings (SSSR count). The summed E-state index contributed by atoms with van der Waals surface area (Å²) in [6.07, 6.45) is -4.75. The number of likely N-dealkylation sites (tertiary alicyclic amines) is 1. The van der Waals surface area contributed by atoms with Gasteiger partial charge in [-0.15, -0.1) is 12.4 Å². The van der Waals surface area contributed by atoms with Crippen molar-refractivity contribution in [3.05, 3.63) is 35.4 Å². The van der Waals surface area contributed by atoms with Gasteiger partial charge in [-0.2, -0.15) is 13.2 Å². The van der Waals surface area contributed by atoms with Crippen LogP contribution in [0.2, 0.25) is 0 Å². The van der Waals surface area contributed by atoms with Crippen LogP contribution in [0.15, 0.2) is 18.2 Å². The number of alkyl halides is 3. The Morgan fingerprint density at radius 3 is 2.36 bits per heavy atom. The molecule has 1 fully saturated rings. The van der Waals surface area contributed by atoms with Gasteiger partial charge in [-0.1, -0.05) is 0 Å². The van der Waals surface area contributed by atoms with E-state index in [4.69, 9.17) is 5.73 Å². The molecule has 0 aliphatic carbocycles. The van der Waals surface area contributed by atoms with Crippen LogP contribution in [0.25, 0.3) is 0 Å². The number of carbonyl (C=O) groups excluding carboxylic acids is 1. The minimum absolute atomic E-state index is 0. The van der Waals surface area contributed by atoms with Crippen LogP contribution in [0.1, 0.15) is 23.2 Å². The van der Waals surface area contributed by atoms with Crippen molar-refractivity contribution in [3.63, 3.8) is 0 Å². The molecular formula is C13H14ClF5N2O. The van der Waals surface area contributed by atoms with Crippen molar-refractivity contribution in [1.29, 1.82) is 0 Å². The molecule has 0 aromatic heterocycles. The van der Waals surface area contributed by atoms with E-state index in [1.807, 2.05) is 0 Å². The Kier molecular flexibility index (Phi) is 5.75. The van der Waals surface area contributed by atoms with Crippen LogP contribution >= 0.6 is 12.4 Å². The number of benzene rings is 1. The summed E-state index contributed by atoms with van der Waals surface area (Å²) >= 11 is 0. The highest BCUT2D eigenvalue weighted by Gasteiger charge is 2.47. The van der Waals surface area contributed by atoms with Crippen molar-refractivity contribution in [3.8, 4) is 0 Å². The van der Waals surface area contributed by atoms with Crippen molar-refractivity contribution in [2.45, 2.75) is 31.1 Å². The molecule has 9 heteroatoms. The second kappa shape index (κ2) is 6.78. The normalized spacial score (nSPS) is 22.2. The fourth-order valence-corrected chi connectivity index (χ4v) is 2.36. The molecule has 3 nitrogen and oxygen atoms in total. The largest absolute Gasteiger partial charge is 0.408 e. The van der Waals surface area contributed by atoms with Crippen LogP contribution in [-0.2, 0) is 0 Å². The van der Waals surface area contributed by atoms with Gasteiger partial charge < -0.3 is 10.6 Å². The van der Waals surface area contributed by atoms with Gasteiger partial charge in [0, 0.05) is 18.2 Å². The zero-order chi connectivity index (χ0) is 15.8. The number of nitrogens with zero attached hydrogens (tertiary/aromatic N) is 1. The van der Waals surface area contributed by atoms with Gasteiger partial charge in [-0.05, 0) is 31.0 Å². The summed E-state index contributed by atoms with van der Waals surface area (Å²) in [7, 11) is 0. The third-order valence-corrected chi connectivity index (χ3v) is 3.42. The van der Waals surface area contributed by atoms with E-state index in [1.165, 1.54) is 0 Å². The quantitative estimate of drug-likeness (QED) is 0.796. The molecule has 1 aliphatic heterocycles. The van der Waals surface area contributed by atoms with Crippen molar-refractivity contribution in [1.82, 2.24) is 4.90 Å². The first kappa shape index (κ1) is 18.6. The molecule has 0 spiro atoms. The van der Waals surface area contributed by atoms with Gasteiger partial charge in [-0.3, -0.25) is 4.79 Å². The summed E-state index contributed by atoms with van der Waals surface area (Å²) in [6.45, 7) is -0.276. The highest BCUT2D eigenvalue weighted by molar-refractivity contribution is 5.94.